The third-order valence-electron chi connectivity index (χ3n) is 3.64. The lowest BCUT2D eigenvalue weighted by molar-refractivity contribution is -0.117. The molecule has 3 nitrogen and oxygen atoms in total. The molecule has 0 saturated heterocycles. The number of carbonyl (C=O) groups excluding carboxylic acids is 1. The minimum absolute atomic E-state index is 0.00503. The van der Waals surface area contributed by atoms with Gasteiger partial charge in [0.05, 0.1) is 6.54 Å². The minimum atomic E-state index is -0.00503. The van der Waals surface area contributed by atoms with Gasteiger partial charge in [0.15, 0.2) is 0 Å². The fraction of sp³-hybridized carbons (Fsp3) is 0.316. The molecule has 0 aliphatic rings. The highest BCUT2D eigenvalue weighted by atomic mass is 35.5. The number of nitrogens with zero attached hydrogens (tertiary/aromatic N) is 1. The van der Waals surface area contributed by atoms with Crippen LogP contribution in [0.4, 0.5) is 5.69 Å². The molecule has 0 heterocycles. The van der Waals surface area contributed by atoms with Gasteiger partial charge in [-0.2, -0.15) is 0 Å². The molecule has 0 aliphatic heterocycles. The van der Waals surface area contributed by atoms with Crippen LogP contribution >= 0.6 is 11.6 Å². The van der Waals surface area contributed by atoms with Crippen LogP contribution < -0.4 is 5.32 Å². The summed E-state index contributed by atoms with van der Waals surface area (Å²) in [5, 5.41) is 3.74. The highest BCUT2D eigenvalue weighted by Gasteiger charge is 2.11. The Morgan fingerprint density at radius 1 is 1.13 bits per heavy atom. The van der Waals surface area contributed by atoms with Gasteiger partial charge in [0.25, 0.3) is 0 Å². The monoisotopic (exact) mass is 330 g/mol. The van der Waals surface area contributed by atoms with Gasteiger partial charge in [-0.05, 0) is 42.3 Å². The normalized spacial score (nSPS) is 11.0. The average Bonchev–Trinajstić information content (AvgIpc) is 2.49. The third kappa shape index (κ3) is 5.38. The first-order chi connectivity index (χ1) is 11.0. The third-order valence-corrected chi connectivity index (χ3v) is 3.89. The molecule has 4 heteroatoms. The Morgan fingerprint density at radius 3 is 2.43 bits per heavy atom. The summed E-state index contributed by atoms with van der Waals surface area (Å²) in [6, 6.07) is 15.6. The Balaban J connectivity index is 1.93. The first-order valence-electron chi connectivity index (χ1n) is 7.77. The SMILES string of the molecule is CC(C)c1ccccc1NC(=O)CN(C)Cc1ccc(Cl)cc1. The standard InChI is InChI=1S/C19H23ClN2O/c1-14(2)17-6-4-5-7-18(17)21-19(23)13-22(3)12-15-8-10-16(20)11-9-15/h4-11,14H,12-13H2,1-3H3,(H,21,23). The molecule has 0 fully saturated rings. The van der Waals surface area contributed by atoms with Crippen LogP contribution in [0.15, 0.2) is 48.5 Å². The summed E-state index contributed by atoms with van der Waals surface area (Å²) < 4.78 is 0. The van der Waals surface area contributed by atoms with Crippen molar-refractivity contribution >= 4 is 23.2 Å². The van der Waals surface area contributed by atoms with Crippen molar-refractivity contribution in [3.05, 3.63) is 64.7 Å². The summed E-state index contributed by atoms with van der Waals surface area (Å²) in [6.07, 6.45) is 0. The van der Waals surface area contributed by atoms with E-state index in [9.17, 15) is 4.79 Å². The molecular formula is C19H23ClN2O. The zero-order valence-electron chi connectivity index (χ0n) is 13.8. The second kappa shape index (κ2) is 8.14. The number of likely N-dealkylation sites (N-methyl/N-ethyl adjacent to an activating group) is 1. The predicted octanol–water partition coefficient (Wildman–Crippen LogP) is 4.53. The van der Waals surface area contributed by atoms with E-state index < -0.39 is 0 Å². The van der Waals surface area contributed by atoms with Crippen molar-refractivity contribution in [1.29, 1.82) is 0 Å². The van der Waals surface area contributed by atoms with Crippen LogP contribution in [0.3, 0.4) is 0 Å². The zero-order chi connectivity index (χ0) is 16.8. The second-order valence-corrected chi connectivity index (χ2v) is 6.53. The van der Waals surface area contributed by atoms with Crippen molar-refractivity contribution in [1.82, 2.24) is 4.90 Å². The molecule has 0 radical (unpaired) electrons. The summed E-state index contributed by atoms with van der Waals surface area (Å²) in [4.78, 5) is 14.3. The maximum absolute atomic E-state index is 12.3. The molecule has 2 aromatic rings. The molecule has 122 valence electrons. The summed E-state index contributed by atoms with van der Waals surface area (Å²) >= 11 is 5.89. The largest absolute Gasteiger partial charge is 0.325 e. The lowest BCUT2D eigenvalue weighted by Gasteiger charge is -2.18. The highest BCUT2D eigenvalue weighted by molar-refractivity contribution is 6.30. The van der Waals surface area contributed by atoms with Crippen LogP contribution in [0.2, 0.25) is 5.02 Å². The second-order valence-electron chi connectivity index (χ2n) is 6.09. The Kier molecular flexibility index (Phi) is 6.20. The molecule has 0 unspecified atom stereocenters. The Bertz CT molecular complexity index is 653. The topological polar surface area (TPSA) is 32.3 Å². The molecule has 0 aliphatic carbocycles. The highest BCUT2D eigenvalue weighted by Crippen LogP contribution is 2.23. The molecule has 0 atom stereocenters. The van der Waals surface area contributed by atoms with Crippen molar-refractivity contribution in [3.63, 3.8) is 0 Å². The molecule has 23 heavy (non-hydrogen) atoms. The average molecular weight is 331 g/mol. The van der Waals surface area contributed by atoms with Gasteiger partial charge in [-0.25, -0.2) is 0 Å². The number of amides is 1. The molecular weight excluding hydrogens is 308 g/mol. The van der Waals surface area contributed by atoms with Gasteiger partial charge >= 0.3 is 0 Å². The van der Waals surface area contributed by atoms with Gasteiger partial charge in [0, 0.05) is 17.3 Å². The Morgan fingerprint density at radius 2 is 1.78 bits per heavy atom. The summed E-state index contributed by atoms with van der Waals surface area (Å²) in [7, 11) is 1.93. The fourth-order valence-electron chi connectivity index (χ4n) is 2.51. The summed E-state index contributed by atoms with van der Waals surface area (Å²) in [5.41, 5.74) is 3.18. The van der Waals surface area contributed by atoms with Gasteiger partial charge in [0.1, 0.15) is 0 Å². The van der Waals surface area contributed by atoms with Gasteiger partial charge in [-0.3, -0.25) is 9.69 Å². The predicted molar refractivity (Wildman–Crippen MR) is 96.9 cm³/mol. The van der Waals surface area contributed by atoms with Crippen LogP contribution in [0, 0.1) is 0 Å². The molecule has 0 bridgehead atoms. The molecule has 1 N–H and O–H groups in total. The van der Waals surface area contributed by atoms with Crippen molar-refractivity contribution in [2.45, 2.75) is 26.3 Å². The zero-order valence-corrected chi connectivity index (χ0v) is 14.6. The van der Waals surface area contributed by atoms with E-state index in [4.69, 9.17) is 11.6 Å². The van der Waals surface area contributed by atoms with Crippen LogP contribution in [0.5, 0.6) is 0 Å². The van der Waals surface area contributed by atoms with E-state index in [1.54, 1.807) is 0 Å². The fourth-order valence-corrected chi connectivity index (χ4v) is 2.63. The molecule has 2 aromatic carbocycles. The van der Waals surface area contributed by atoms with Crippen LogP contribution in [-0.2, 0) is 11.3 Å². The number of hydrogen-bond acceptors (Lipinski definition) is 2. The number of carbonyl (C=O) groups is 1. The van der Waals surface area contributed by atoms with Crippen LogP contribution in [-0.4, -0.2) is 24.4 Å². The first-order valence-corrected chi connectivity index (χ1v) is 8.15. The number of hydrogen-bond donors (Lipinski definition) is 1. The number of rotatable bonds is 6. The lowest BCUT2D eigenvalue weighted by atomic mass is 10.0. The number of halogens is 1. The van der Waals surface area contributed by atoms with Crippen molar-refractivity contribution in [2.75, 3.05) is 18.9 Å². The number of anilines is 1. The van der Waals surface area contributed by atoms with Gasteiger partial charge in [-0.1, -0.05) is 55.8 Å². The van der Waals surface area contributed by atoms with Gasteiger partial charge in [0.2, 0.25) is 5.91 Å². The van der Waals surface area contributed by atoms with Crippen LogP contribution in [0.25, 0.3) is 0 Å². The Hall–Kier alpha value is -1.84. The first kappa shape index (κ1) is 17.5. The Labute approximate surface area is 143 Å². The molecule has 0 spiro atoms. The van der Waals surface area contributed by atoms with E-state index in [1.807, 2.05) is 54.4 Å². The van der Waals surface area contributed by atoms with E-state index >= 15 is 0 Å². The van der Waals surface area contributed by atoms with Gasteiger partial charge in [-0.15, -0.1) is 0 Å². The van der Waals surface area contributed by atoms with E-state index in [-0.39, 0.29) is 5.91 Å². The van der Waals surface area contributed by atoms with E-state index in [1.165, 1.54) is 0 Å². The molecule has 0 aromatic heterocycles. The molecule has 1 amide bonds. The van der Waals surface area contributed by atoms with E-state index in [0.717, 1.165) is 21.8 Å². The lowest BCUT2D eigenvalue weighted by Crippen LogP contribution is -2.30. The van der Waals surface area contributed by atoms with Crippen molar-refractivity contribution in [3.8, 4) is 0 Å². The van der Waals surface area contributed by atoms with Crippen molar-refractivity contribution < 1.29 is 4.79 Å². The van der Waals surface area contributed by atoms with Crippen molar-refractivity contribution in [2.24, 2.45) is 0 Å². The van der Waals surface area contributed by atoms with Crippen LogP contribution in [0.1, 0.15) is 30.9 Å². The molecule has 2 rings (SSSR count). The number of para-hydroxylation sites is 1. The number of nitrogens with one attached hydrogen (secondary N) is 1. The van der Waals surface area contributed by atoms with E-state index in [2.05, 4.69) is 25.2 Å². The summed E-state index contributed by atoms with van der Waals surface area (Å²) in [5.74, 6) is 0.368. The molecule has 0 saturated carbocycles. The summed E-state index contributed by atoms with van der Waals surface area (Å²) in [6.45, 7) is 5.29. The number of benzene rings is 2. The maximum atomic E-state index is 12.3. The maximum Gasteiger partial charge on any atom is 0.238 e. The minimum Gasteiger partial charge on any atom is -0.325 e. The quantitative estimate of drug-likeness (QED) is 0.843. The smallest absolute Gasteiger partial charge is 0.238 e. The van der Waals surface area contributed by atoms with E-state index in [0.29, 0.717) is 19.0 Å². The van der Waals surface area contributed by atoms with Gasteiger partial charge < -0.3 is 5.32 Å².